The third-order valence-electron chi connectivity index (χ3n) is 3.68. The molecule has 1 aliphatic rings. The van der Waals surface area contributed by atoms with Crippen LogP contribution in [0.3, 0.4) is 0 Å². The first-order valence-corrected chi connectivity index (χ1v) is 6.43. The number of hydrogen-bond acceptors (Lipinski definition) is 3. The van der Waals surface area contributed by atoms with E-state index < -0.39 is 0 Å². The van der Waals surface area contributed by atoms with Crippen LogP contribution in [0.25, 0.3) is 0 Å². The van der Waals surface area contributed by atoms with Gasteiger partial charge < -0.3 is 10.5 Å². The molecule has 0 saturated carbocycles. The molecule has 0 spiro atoms. The fraction of sp³-hybridized carbons (Fsp3) is 0.750. The molecule has 17 heavy (non-hydrogen) atoms. The van der Waals surface area contributed by atoms with Crippen LogP contribution in [-0.4, -0.2) is 28.5 Å². The highest BCUT2D eigenvalue weighted by molar-refractivity contribution is 6.31. The van der Waals surface area contributed by atoms with Crippen molar-refractivity contribution in [3.63, 3.8) is 0 Å². The molecule has 2 heterocycles. The van der Waals surface area contributed by atoms with Gasteiger partial charge in [-0.2, -0.15) is 5.10 Å². The van der Waals surface area contributed by atoms with Crippen LogP contribution in [0.5, 0.6) is 0 Å². The van der Waals surface area contributed by atoms with Gasteiger partial charge in [0.15, 0.2) is 0 Å². The molecule has 4 nitrogen and oxygen atoms in total. The predicted molar refractivity (Wildman–Crippen MR) is 68.2 cm³/mol. The summed E-state index contributed by atoms with van der Waals surface area (Å²) in [4.78, 5) is 0. The number of ether oxygens (including phenoxy) is 1. The van der Waals surface area contributed by atoms with Crippen LogP contribution in [-0.2, 0) is 18.2 Å². The normalized spacial score (nSPS) is 26.4. The third-order valence-corrected chi connectivity index (χ3v) is 4.17. The van der Waals surface area contributed by atoms with Gasteiger partial charge in [-0.3, -0.25) is 4.68 Å². The van der Waals surface area contributed by atoms with Crippen LogP contribution in [0, 0.1) is 12.8 Å². The lowest BCUT2D eigenvalue weighted by molar-refractivity contribution is 0.0993. The lowest BCUT2D eigenvalue weighted by Crippen LogP contribution is -2.36. The molecule has 1 saturated heterocycles. The van der Waals surface area contributed by atoms with Gasteiger partial charge in [-0.25, -0.2) is 0 Å². The highest BCUT2D eigenvalue weighted by Gasteiger charge is 2.30. The Hall–Kier alpha value is -0.580. The van der Waals surface area contributed by atoms with E-state index in [0.29, 0.717) is 5.92 Å². The molecule has 1 aliphatic heterocycles. The second-order valence-electron chi connectivity index (χ2n) is 4.87. The molecule has 3 unspecified atom stereocenters. The van der Waals surface area contributed by atoms with E-state index in [1.54, 1.807) is 0 Å². The first-order chi connectivity index (χ1) is 8.00. The second kappa shape index (κ2) is 4.96. The van der Waals surface area contributed by atoms with E-state index in [2.05, 4.69) is 12.0 Å². The van der Waals surface area contributed by atoms with Crippen molar-refractivity contribution in [3.05, 3.63) is 16.4 Å². The molecule has 0 aliphatic carbocycles. The largest absolute Gasteiger partial charge is 0.378 e. The van der Waals surface area contributed by atoms with Gasteiger partial charge in [0.1, 0.15) is 0 Å². The summed E-state index contributed by atoms with van der Waals surface area (Å²) >= 11 is 6.23. The van der Waals surface area contributed by atoms with Crippen molar-refractivity contribution in [2.45, 2.75) is 38.8 Å². The molecule has 5 heteroatoms. The number of aryl methyl sites for hydroxylation is 2. The molecular weight excluding hydrogens is 238 g/mol. The van der Waals surface area contributed by atoms with Crippen LogP contribution in [0.15, 0.2) is 0 Å². The zero-order chi connectivity index (χ0) is 12.6. The van der Waals surface area contributed by atoms with Gasteiger partial charge in [-0.05, 0) is 20.3 Å². The van der Waals surface area contributed by atoms with Gasteiger partial charge in [-0.15, -0.1) is 0 Å². The summed E-state index contributed by atoms with van der Waals surface area (Å²) in [7, 11) is 1.91. The second-order valence-corrected chi connectivity index (χ2v) is 5.24. The molecule has 0 amide bonds. The first-order valence-electron chi connectivity index (χ1n) is 6.06. The zero-order valence-electron chi connectivity index (χ0n) is 10.6. The maximum atomic E-state index is 6.27. The summed E-state index contributed by atoms with van der Waals surface area (Å²) in [6, 6.07) is 0.0831. The minimum atomic E-state index is 0.0831. The van der Waals surface area contributed by atoms with Gasteiger partial charge in [0.2, 0.25) is 0 Å². The highest BCUT2D eigenvalue weighted by Crippen LogP contribution is 2.27. The van der Waals surface area contributed by atoms with Crippen molar-refractivity contribution >= 4 is 11.6 Å². The van der Waals surface area contributed by atoms with Crippen LogP contribution in [0.4, 0.5) is 0 Å². The standard InChI is InChI=1S/C12H20ClN3O/c1-7-12(13)11(16(3)15-7)6-10(14)9-4-5-17-8(9)2/h8-10H,4-6,14H2,1-3H3. The van der Waals surface area contributed by atoms with E-state index >= 15 is 0 Å². The molecule has 0 aromatic carbocycles. The lowest BCUT2D eigenvalue weighted by Gasteiger charge is -2.22. The van der Waals surface area contributed by atoms with E-state index in [4.69, 9.17) is 22.1 Å². The maximum absolute atomic E-state index is 6.27. The van der Waals surface area contributed by atoms with Crippen LogP contribution >= 0.6 is 11.6 Å². The molecule has 1 fully saturated rings. The average Bonchev–Trinajstić information content (AvgIpc) is 2.78. The Labute approximate surface area is 107 Å². The number of halogens is 1. The Morgan fingerprint density at radius 2 is 2.35 bits per heavy atom. The van der Waals surface area contributed by atoms with Crippen LogP contribution in [0.2, 0.25) is 5.02 Å². The molecule has 1 aromatic rings. The molecule has 2 rings (SSSR count). The van der Waals surface area contributed by atoms with Gasteiger partial charge in [0.05, 0.1) is 22.5 Å². The van der Waals surface area contributed by atoms with Gasteiger partial charge in [0.25, 0.3) is 0 Å². The molecule has 0 bridgehead atoms. The quantitative estimate of drug-likeness (QED) is 0.896. The fourth-order valence-electron chi connectivity index (χ4n) is 2.59. The number of rotatable bonds is 3. The monoisotopic (exact) mass is 257 g/mol. The van der Waals surface area contributed by atoms with Crippen molar-refractivity contribution in [1.82, 2.24) is 9.78 Å². The lowest BCUT2D eigenvalue weighted by atomic mass is 9.91. The Kier molecular flexibility index (Phi) is 3.76. The van der Waals surface area contributed by atoms with Gasteiger partial charge >= 0.3 is 0 Å². The van der Waals surface area contributed by atoms with E-state index in [9.17, 15) is 0 Å². The Morgan fingerprint density at radius 3 is 2.82 bits per heavy atom. The Bertz CT molecular complexity index is 405. The summed E-state index contributed by atoms with van der Waals surface area (Å²) < 4.78 is 7.39. The number of aromatic nitrogens is 2. The smallest absolute Gasteiger partial charge is 0.0847 e. The average molecular weight is 258 g/mol. The summed E-state index contributed by atoms with van der Waals surface area (Å²) in [5, 5.41) is 5.05. The molecule has 96 valence electrons. The van der Waals surface area contributed by atoms with Gasteiger partial charge in [-0.1, -0.05) is 11.6 Å². The van der Waals surface area contributed by atoms with Crippen molar-refractivity contribution in [2.75, 3.05) is 6.61 Å². The SMILES string of the molecule is Cc1nn(C)c(CC(N)C2CCOC2C)c1Cl. The molecular formula is C12H20ClN3O. The zero-order valence-corrected chi connectivity index (χ0v) is 11.4. The molecule has 1 aromatic heterocycles. The third kappa shape index (κ3) is 2.49. The predicted octanol–water partition coefficient (Wildman–Crippen LogP) is 1.68. The van der Waals surface area contributed by atoms with Crippen molar-refractivity contribution in [2.24, 2.45) is 18.7 Å². The minimum absolute atomic E-state index is 0.0831. The van der Waals surface area contributed by atoms with Crippen molar-refractivity contribution in [1.29, 1.82) is 0 Å². The first kappa shape index (κ1) is 12.9. The summed E-state index contributed by atoms with van der Waals surface area (Å²) in [5.41, 5.74) is 8.16. The molecule has 0 radical (unpaired) electrons. The summed E-state index contributed by atoms with van der Waals surface area (Å²) in [6.45, 7) is 4.82. The van der Waals surface area contributed by atoms with E-state index in [1.165, 1.54) is 0 Å². The highest BCUT2D eigenvalue weighted by atomic mass is 35.5. The maximum Gasteiger partial charge on any atom is 0.0847 e. The number of hydrogen-bond donors (Lipinski definition) is 1. The van der Waals surface area contributed by atoms with Crippen molar-refractivity contribution in [3.8, 4) is 0 Å². The Balaban J connectivity index is 2.10. The Morgan fingerprint density at radius 1 is 1.65 bits per heavy atom. The topological polar surface area (TPSA) is 53.1 Å². The number of nitrogens with zero attached hydrogens (tertiary/aromatic N) is 2. The van der Waals surface area contributed by atoms with Crippen molar-refractivity contribution < 1.29 is 4.74 Å². The van der Waals surface area contributed by atoms with Crippen LogP contribution in [0.1, 0.15) is 24.7 Å². The number of nitrogens with two attached hydrogens (primary N) is 1. The van der Waals surface area contributed by atoms with Crippen LogP contribution < -0.4 is 5.73 Å². The van der Waals surface area contributed by atoms with E-state index in [1.807, 2.05) is 18.7 Å². The summed E-state index contributed by atoms with van der Waals surface area (Å²) in [5.74, 6) is 0.418. The van der Waals surface area contributed by atoms with E-state index in [-0.39, 0.29) is 12.1 Å². The molecule has 3 atom stereocenters. The van der Waals surface area contributed by atoms with E-state index in [0.717, 1.165) is 35.9 Å². The van der Waals surface area contributed by atoms with Gasteiger partial charge in [0, 0.05) is 32.0 Å². The fourth-order valence-corrected chi connectivity index (χ4v) is 2.82. The molecule has 2 N–H and O–H groups in total. The summed E-state index contributed by atoms with van der Waals surface area (Å²) in [6.07, 6.45) is 2.05. The minimum Gasteiger partial charge on any atom is -0.378 e.